The highest BCUT2D eigenvalue weighted by molar-refractivity contribution is 5.90. The van der Waals surface area contributed by atoms with Gasteiger partial charge >= 0.3 is 28.7 Å². The number of benzene rings is 2. The Labute approximate surface area is 194 Å². The number of nitrogens with one attached hydrogen (secondary N) is 1. The van der Waals surface area contributed by atoms with Crippen LogP contribution in [0.25, 0.3) is 0 Å². The van der Waals surface area contributed by atoms with Crippen molar-refractivity contribution in [3.8, 4) is 0 Å². The number of non-ortho nitro benzene ring substituents is 1. The van der Waals surface area contributed by atoms with Crippen molar-refractivity contribution in [2.45, 2.75) is 12.8 Å². The number of carboxylic acid groups (broad SMARTS) is 1. The van der Waals surface area contributed by atoms with E-state index >= 15 is 0 Å². The van der Waals surface area contributed by atoms with Gasteiger partial charge < -0.3 is 10.4 Å². The smallest absolute Gasteiger partial charge is 0.309 e. The number of aliphatic carboxylic acids is 1. The molecule has 0 bridgehead atoms. The van der Waals surface area contributed by atoms with Gasteiger partial charge in [0, 0.05) is 6.42 Å². The van der Waals surface area contributed by atoms with Crippen molar-refractivity contribution < 1.29 is 39.4 Å². The van der Waals surface area contributed by atoms with Crippen LogP contribution in [0.15, 0.2) is 18.2 Å². The maximum absolute atomic E-state index is 11.8. The van der Waals surface area contributed by atoms with Gasteiger partial charge in [-0.3, -0.25) is 65.5 Å². The minimum atomic E-state index is -1.56. The van der Waals surface area contributed by atoms with Crippen LogP contribution in [-0.2, 0) is 11.2 Å². The molecule has 2 N–H and O–H groups in total. The Balaban J connectivity index is 3.05. The molecule has 188 valence electrons. The molecule has 0 spiro atoms. The molecule has 0 saturated heterocycles. The first kappa shape index (κ1) is 26.4. The maximum atomic E-state index is 11.8. The van der Waals surface area contributed by atoms with E-state index in [0.29, 0.717) is 0 Å². The van der Waals surface area contributed by atoms with E-state index < -0.39 is 99.4 Å². The number of hydrogen-bond acceptors (Lipinski definition) is 14. The summed E-state index contributed by atoms with van der Waals surface area (Å²) in [7, 11) is 0. The van der Waals surface area contributed by atoms with E-state index in [1.54, 1.807) is 5.32 Å². The van der Waals surface area contributed by atoms with E-state index in [-0.39, 0.29) is 18.2 Å². The number of hydrogen-bond donors (Lipinski definition) is 2. The second kappa shape index (κ2) is 9.94. The largest absolute Gasteiger partial charge is 0.481 e. The first-order valence-electron chi connectivity index (χ1n) is 8.90. The van der Waals surface area contributed by atoms with E-state index in [1.807, 2.05) is 0 Å². The van der Waals surface area contributed by atoms with Crippen LogP contribution in [0.2, 0.25) is 0 Å². The number of rotatable bonds is 11. The molecule has 0 aromatic heterocycles. The second-order valence-corrected chi connectivity index (χ2v) is 6.54. The van der Waals surface area contributed by atoms with E-state index in [1.165, 1.54) is 0 Å². The average Bonchev–Trinajstić information content (AvgIpc) is 2.75. The molecule has 0 amide bonds. The van der Waals surface area contributed by atoms with Gasteiger partial charge in [-0.15, -0.1) is 0 Å². The summed E-state index contributed by atoms with van der Waals surface area (Å²) in [6.45, 7) is 0. The second-order valence-electron chi connectivity index (χ2n) is 6.54. The SMILES string of the molecule is O=C(O)CCc1c([N+](=O)[O-])cc([N+](=O)[O-])c(Nc2c([N+](=O)[O-])cc([N+](=O)[O-])cc2[N+](=O)[O-])c1[N+](=O)[O-]. The molecule has 36 heavy (non-hydrogen) atoms. The highest BCUT2D eigenvalue weighted by atomic mass is 16.6. The summed E-state index contributed by atoms with van der Waals surface area (Å²) in [4.78, 5) is 71.8. The number of nitrogens with zero attached hydrogens (tertiary/aromatic N) is 6. The third-order valence-electron chi connectivity index (χ3n) is 4.46. The molecule has 0 saturated carbocycles. The first-order chi connectivity index (χ1) is 16.7. The van der Waals surface area contributed by atoms with Gasteiger partial charge in [0.25, 0.3) is 11.4 Å². The lowest BCUT2D eigenvalue weighted by molar-refractivity contribution is -0.403. The van der Waals surface area contributed by atoms with Crippen LogP contribution in [0, 0.1) is 60.7 Å². The Morgan fingerprint density at radius 3 is 1.47 bits per heavy atom. The molecule has 2 rings (SSSR count). The van der Waals surface area contributed by atoms with E-state index in [4.69, 9.17) is 5.11 Å². The highest BCUT2D eigenvalue weighted by Crippen LogP contribution is 2.48. The standard InChI is InChI=1S/C15H9N7O14/c23-12(24)2-1-7-8(18(27)28)5-11(21(33)34)14(15(7)22(35)36)16-13-9(19(29)30)3-6(17(25)26)4-10(13)20(31)32/h3-5,16H,1-2H2,(H,23,24). The zero-order valence-electron chi connectivity index (χ0n) is 17.1. The summed E-state index contributed by atoms with van der Waals surface area (Å²) < 4.78 is 0. The molecule has 0 radical (unpaired) electrons. The van der Waals surface area contributed by atoms with Gasteiger partial charge in [-0.1, -0.05) is 0 Å². The lowest BCUT2D eigenvalue weighted by atomic mass is 10.0. The van der Waals surface area contributed by atoms with Crippen LogP contribution in [0.3, 0.4) is 0 Å². The summed E-state index contributed by atoms with van der Waals surface area (Å²) >= 11 is 0. The summed E-state index contributed by atoms with van der Waals surface area (Å²) in [6.07, 6.45) is -1.82. The van der Waals surface area contributed by atoms with Crippen LogP contribution < -0.4 is 5.32 Å². The number of carboxylic acids is 1. The molecule has 0 aliphatic carbocycles. The van der Waals surface area contributed by atoms with Crippen molar-refractivity contribution in [2.24, 2.45) is 0 Å². The lowest BCUT2D eigenvalue weighted by Crippen LogP contribution is -2.11. The molecule has 2 aromatic rings. The molecular formula is C15H9N7O14. The third-order valence-corrected chi connectivity index (χ3v) is 4.46. The minimum Gasteiger partial charge on any atom is -0.481 e. The fraction of sp³-hybridized carbons (Fsp3) is 0.133. The highest BCUT2D eigenvalue weighted by Gasteiger charge is 2.40. The van der Waals surface area contributed by atoms with Gasteiger partial charge in [0.1, 0.15) is 5.56 Å². The number of nitro benzene ring substituents is 6. The predicted molar refractivity (Wildman–Crippen MR) is 112 cm³/mol. The average molecular weight is 511 g/mol. The minimum absolute atomic E-state index is 0.204. The molecule has 0 aliphatic heterocycles. The molecule has 0 heterocycles. The Morgan fingerprint density at radius 1 is 0.667 bits per heavy atom. The normalized spacial score (nSPS) is 10.3. The molecule has 0 atom stereocenters. The van der Waals surface area contributed by atoms with Crippen molar-refractivity contribution in [2.75, 3.05) is 5.32 Å². The van der Waals surface area contributed by atoms with Crippen molar-refractivity contribution in [3.05, 3.63) is 84.4 Å². The van der Waals surface area contributed by atoms with E-state index in [2.05, 4.69) is 0 Å². The Kier molecular flexibility index (Phi) is 7.28. The number of nitro groups is 6. The molecule has 0 unspecified atom stereocenters. The van der Waals surface area contributed by atoms with E-state index in [9.17, 15) is 65.5 Å². The maximum Gasteiger partial charge on any atom is 0.309 e. The van der Waals surface area contributed by atoms with Gasteiger partial charge in [-0.2, -0.15) is 0 Å². The Bertz CT molecular complexity index is 1340. The third kappa shape index (κ3) is 5.19. The monoisotopic (exact) mass is 511 g/mol. The summed E-state index contributed by atoms with van der Waals surface area (Å²) in [6, 6.07) is 0.684. The van der Waals surface area contributed by atoms with E-state index in [0.717, 1.165) is 0 Å². The summed E-state index contributed by atoms with van der Waals surface area (Å²) in [5.41, 5.74) is -11.5. The molecule has 21 heteroatoms. The van der Waals surface area contributed by atoms with Gasteiger partial charge in [0.2, 0.25) is 0 Å². The molecule has 0 aliphatic rings. The summed E-state index contributed by atoms with van der Waals surface area (Å²) in [5, 5.41) is 79.5. The topological polar surface area (TPSA) is 308 Å². The molecule has 21 nitrogen and oxygen atoms in total. The molecular weight excluding hydrogens is 502 g/mol. The first-order valence-corrected chi connectivity index (χ1v) is 8.90. The van der Waals surface area contributed by atoms with Crippen LogP contribution in [0.4, 0.5) is 45.5 Å². The fourth-order valence-corrected chi connectivity index (χ4v) is 3.04. The van der Waals surface area contributed by atoms with Gasteiger partial charge in [0.15, 0.2) is 11.4 Å². The Morgan fingerprint density at radius 2 is 1.11 bits per heavy atom. The van der Waals surface area contributed by atoms with Crippen LogP contribution >= 0.6 is 0 Å². The van der Waals surface area contributed by atoms with Gasteiger partial charge in [-0.05, 0) is 6.42 Å². The van der Waals surface area contributed by atoms with Crippen molar-refractivity contribution in [1.82, 2.24) is 0 Å². The lowest BCUT2D eigenvalue weighted by Gasteiger charge is -2.12. The number of anilines is 2. The van der Waals surface area contributed by atoms with Gasteiger partial charge in [0.05, 0.1) is 47.7 Å². The van der Waals surface area contributed by atoms with Crippen LogP contribution in [0.1, 0.15) is 12.0 Å². The fourth-order valence-electron chi connectivity index (χ4n) is 3.04. The summed E-state index contributed by atoms with van der Waals surface area (Å²) in [5.74, 6) is -1.56. The van der Waals surface area contributed by atoms with Gasteiger partial charge in [-0.25, -0.2) is 0 Å². The zero-order valence-corrected chi connectivity index (χ0v) is 17.1. The number of carbonyl (C=O) groups is 1. The predicted octanol–water partition coefficient (Wildman–Crippen LogP) is 2.90. The quantitative estimate of drug-likeness (QED) is 0.323. The molecule has 2 aromatic carbocycles. The Hall–Kier alpha value is -5.89. The zero-order chi connectivity index (χ0) is 27.5. The van der Waals surface area contributed by atoms with Crippen molar-refractivity contribution >= 4 is 51.5 Å². The van der Waals surface area contributed by atoms with Crippen molar-refractivity contribution in [1.29, 1.82) is 0 Å². The van der Waals surface area contributed by atoms with Crippen LogP contribution in [0.5, 0.6) is 0 Å². The van der Waals surface area contributed by atoms with Crippen molar-refractivity contribution in [3.63, 3.8) is 0 Å². The molecule has 0 fully saturated rings. The van der Waals surface area contributed by atoms with Crippen LogP contribution in [-0.4, -0.2) is 40.6 Å².